The number of nitrogens with zero attached hydrogens (tertiary/aromatic N) is 1. The van der Waals surface area contributed by atoms with Crippen LogP contribution in [0.1, 0.15) is 10.5 Å². The molecule has 15 heavy (non-hydrogen) atoms. The monoisotopic (exact) mass is 212 g/mol. The topological polar surface area (TPSA) is 94.7 Å². The van der Waals surface area contributed by atoms with Gasteiger partial charge in [-0.1, -0.05) is 0 Å². The molecule has 0 aliphatic heterocycles. The molecule has 1 heterocycles. The first-order chi connectivity index (χ1) is 7.15. The molecule has 3 N–H and O–H groups in total. The van der Waals surface area contributed by atoms with Gasteiger partial charge in [0, 0.05) is 7.11 Å². The number of nitrogens with two attached hydrogens (primary N) is 1. The molecule has 1 rings (SSSR count). The Labute approximate surface area is 86.6 Å². The van der Waals surface area contributed by atoms with Crippen molar-refractivity contribution in [2.45, 2.75) is 0 Å². The highest BCUT2D eigenvalue weighted by Crippen LogP contribution is 2.18. The minimum Gasteiger partial charge on any atom is -0.477 e. The van der Waals surface area contributed by atoms with Gasteiger partial charge in [0.1, 0.15) is 6.61 Å². The number of rotatable bonds is 5. The summed E-state index contributed by atoms with van der Waals surface area (Å²) in [4.78, 5) is 14.4. The van der Waals surface area contributed by atoms with Crippen LogP contribution in [-0.2, 0) is 4.74 Å². The van der Waals surface area contributed by atoms with Crippen LogP contribution in [0.15, 0.2) is 12.1 Å². The van der Waals surface area contributed by atoms with Crippen LogP contribution in [0.25, 0.3) is 0 Å². The zero-order valence-electron chi connectivity index (χ0n) is 8.27. The van der Waals surface area contributed by atoms with Crippen LogP contribution in [-0.4, -0.2) is 36.4 Å². The first-order valence-corrected chi connectivity index (χ1v) is 4.26. The van der Waals surface area contributed by atoms with Crippen LogP contribution in [0.2, 0.25) is 0 Å². The minimum atomic E-state index is -1.12. The molecule has 1 aromatic heterocycles. The lowest BCUT2D eigenvalue weighted by Gasteiger charge is -2.07. The van der Waals surface area contributed by atoms with Crippen LogP contribution < -0.4 is 10.5 Å². The summed E-state index contributed by atoms with van der Waals surface area (Å²) in [5.41, 5.74) is 5.75. The molecule has 0 aromatic carbocycles. The maximum Gasteiger partial charge on any atom is 0.354 e. The molecule has 0 saturated carbocycles. The Hall–Kier alpha value is -1.82. The van der Waals surface area contributed by atoms with E-state index in [1.165, 1.54) is 19.2 Å². The maximum absolute atomic E-state index is 10.6. The largest absolute Gasteiger partial charge is 0.477 e. The summed E-state index contributed by atoms with van der Waals surface area (Å²) in [5, 5.41) is 8.69. The Kier molecular flexibility index (Phi) is 3.87. The summed E-state index contributed by atoms with van der Waals surface area (Å²) in [6.45, 7) is 0.662. The van der Waals surface area contributed by atoms with E-state index in [2.05, 4.69) is 4.98 Å². The summed E-state index contributed by atoms with van der Waals surface area (Å²) in [6.07, 6.45) is 0. The number of nitrogen functional groups attached to an aromatic ring is 1. The van der Waals surface area contributed by atoms with Gasteiger partial charge in [-0.05, 0) is 12.1 Å². The molecule has 6 nitrogen and oxygen atoms in total. The SMILES string of the molecule is COCCOc1nc(C(=O)O)ccc1N. The van der Waals surface area contributed by atoms with E-state index in [1.54, 1.807) is 0 Å². The third-order valence-electron chi connectivity index (χ3n) is 1.64. The molecule has 0 unspecified atom stereocenters. The van der Waals surface area contributed by atoms with E-state index in [0.717, 1.165) is 0 Å². The highest BCUT2D eigenvalue weighted by Gasteiger charge is 2.09. The molecular formula is C9H12N2O4. The molecule has 0 spiro atoms. The summed E-state index contributed by atoms with van der Waals surface area (Å²) in [6, 6.07) is 2.76. The van der Waals surface area contributed by atoms with Gasteiger partial charge in [-0.25, -0.2) is 9.78 Å². The van der Waals surface area contributed by atoms with Crippen molar-refractivity contribution >= 4 is 11.7 Å². The number of aromatic nitrogens is 1. The lowest BCUT2D eigenvalue weighted by Crippen LogP contribution is -2.09. The van der Waals surface area contributed by atoms with Crippen molar-refractivity contribution in [2.75, 3.05) is 26.1 Å². The number of anilines is 1. The number of methoxy groups -OCH3 is 1. The molecule has 0 fully saturated rings. The first kappa shape index (κ1) is 11.3. The summed E-state index contributed by atoms with van der Waals surface area (Å²) >= 11 is 0. The van der Waals surface area contributed by atoms with Gasteiger partial charge in [-0.15, -0.1) is 0 Å². The number of hydrogen-bond acceptors (Lipinski definition) is 5. The Bertz CT molecular complexity index is 354. The normalized spacial score (nSPS) is 9.93. The second-order valence-electron chi connectivity index (χ2n) is 2.74. The van der Waals surface area contributed by atoms with E-state index in [1.807, 2.05) is 0 Å². The van der Waals surface area contributed by atoms with Gasteiger partial charge in [0.05, 0.1) is 12.3 Å². The van der Waals surface area contributed by atoms with Crippen LogP contribution >= 0.6 is 0 Å². The fourth-order valence-electron chi connectivity index (χ4n) is 0.908. The standard InChI is InChI=1S/C9H12N2O4/c1-14-4-5-15-8-6(10)2-3-7(11-8)9(12)13/h2-3H,4-5,10H2,1H3,(H,12,13). The molecule has 0 atom stereocenters. The van der Waals surface area contributed by atoms with E-state index >= 15 is 0 Å². The Morgan fingerprint density at radius 2 is 2.27 bits per heavy atom. The van der Waals surface area contributed by atoms with Gasteiger partial charge >= 0.3 is 5.97 Å². The summed E-state index contributed by atoms with van der Waals surface area (Å²) in [7, 11) is 1.54. The molecule has 0 bridgehead atoms. The van der Waals surface area contributed by atoms with Crippen molar-refractivity contribution in [1.29, 1.82) is 0 Å². The number of carboxylic acid groups (broad SMARTS) is 1. The van der Waals surface area contributed by atoms with Crippen LogP contribution in [0, 0.1) is 0 Å². The Balaban J connectivity index is 2.76. The zero-order valence-corrected chi connectivity index (χ0v) is 8.27. The predicted molar refractivity (Wildman–Crippen MR) is 53.0 cm³/mol. The summed E-state index contributed by atoms with van der Waals surface area (Å²) < 4.78 is 9.91. The fourth-order valence-corrected chi connectivity index (χ4v) is 0.908. The van der Waals surface area contributed by atoms with Gasteiger partial charge < -0.3 is 20.3 Å². The Morgan fingerprint density at radius 1 is 1.53 bits per heavy atom. The molecule has 0 saturated heterocycles. The number of carbonyl (C=O) groups is 1. The van der Waals surface area contributed by atoms with Crippen molar-refractivity contribution in [2.24, 2.45) is 0 Å². The van der Waals surface area contributed by atoms with Gasteiger partial charge in [0.15, 0.2) is 5.69 Å². The number of ether oxygens (including phenoxy) is 2. The molecule has 0 radical (unpaired) electrons. The molecular weight excluding hydrogens is 200 g/mol. The van der Waals surface area contributed by atoms with Crippen LogP contribution in [0.3, 0.4) is 0 Å². The van der Waals surface area contributed by atoms with Crippen molar-refractivity contribution in [3.8, 4) is 5.88 Å². The molecule has 82 valence electrons. The van der Waals surface area contributed by atoms with E-state index < -0.39 is 5.97 Å². The molecule has 1 aromatic rings. The minimum absolute atomic E-state index is 0.100. The summed E-state index contributed by atoms with van der Waals surface area (Å²) in [5.74, 6) is -1.00. The van der Waals surface area contributed by atoms with E-state index in [4.69, 9.17) is 20.3 Å². The van der Waals surface area contributed by atoms with Crippen LogP contribution in [0.5, 0.6) is 5.88 Å². The average Bonchev–Trinajstić information content (AvgIpc) is 2.20. The molecule has 0 amide bonds. The van der Waals surface area contributed by atoms with Crippen molar-refractivity contribution in [3.05, 3.63) is 17.8 Å². The van der Waals surface area contributed by atoms with Gasteiger partial charge in [0.2, 0.25) is 5.88 Å². The molecule has 0 aliphatic rings. The van der Waals surface area contributed by atoms with E-state index in [-0.39, 0.29) is 18.2 Å². The smallest absolute Gasteiger partial charge is 0.354 e. The van der Waals surface area contributed by atoms with Gasteiger partial charge in [-0.2, -0.15) is 0 Å². The van der Waals surface area contributed by atoms with Crippen molar-refractivity contribution < 1.29 is 19.4 Å². The number of pyridine rings is 1. The highest BCUT2D eigenvalue weighted by molar-refractivity contribution is 5.86. The van der Waals surface area contributed by atoms with Crippen molar-refractivity contribution in [1.82, 2.24) is 4.98 Å². The third-order valence-corrected chi connectivity index (χ3v) is 1.64. The predicted octanol–water partition coefficient (Wildman–Crippen LogP) is 0.387. The molecule has 6 heteroatoms. The zero-order chi connectivity index (χ0) is 11.3. The second kappa shape index (κ2) is 5.16. The fraction of sp³-hybridized carbons (Fsp3) is 0.333. The van der Waals surface area contributed by atoms with Gasteiger partial charge in [-0.3, -0.25) is 0 Å². The quantitative estimate of drug-likeness (QED) is 0.685. The number of hydrogen-bond donors (Lipinski definition) is 2. The van der Waals surface area contributed by atoms with Crippen molar-refractivity contribution in [3.63, 3.8) is 0 Å². The van der Waals surface area contributed by atoms with E-state index in [9.17, 15) is 4.79 Å². The lowest BCUT2D eigenvalue weighted by atomic mass is 10.3. The van der Waals surface area contributed by atoms with Gasteiger partial charge in [0.25, 0.3) is 0 Å². The van der Waals surface area contributed by atoms with Crippen LogP contribution in [0.4, 0.5) is 5.69 Å². The second-order valence-corrected chi connectivity index (χ2v) is 2.74. The Morgan fingerprint density at radius 3 is 2.87 bits per heavy atom. The lowest BCUT2D eigenvalue weighted by molar-refractivity contribution is 0.0688. The number of aromatic carboxylic acids is 1. The first-order valence-electron chi connectivity index (χ1n) is 4.26. The average molecular weight is 212 g/mol. The maximum atomic E-state index is 10.6. The third kappa shape index (κ3) is 3.10. The van der Waals surface area contributed by atoms with E-state index in [0.29, 0.717) is 12.3 Å². The molecule has 0 aliphatic carbocycles. The number of carboxylic acids is 1. The highest BCUT2D eigenvalue weighted by atomic mass is 16.5.